The van der Waals surface area contributed by atoms with E-state index < -0.39 is 0 Å². The van der Waals surface area contributed by atoms with E-state index in [1.54, 1.807) is 5.51 Å². The number of carbonyl (C=O) groups excluding carboxylic acids is 1. The lowest BCUT2D eigenvalue weighted by atomic mass is 9.99. The van der Waals surface area contributed by atoms with Gasteiger partial charge < -0.3 is 10.0 Å². The maximum absolute atomic E-state index is 12.5. The highest BCUT2D eigenvalue weighted by Crippen LogP contribution is 2.42. The average Bonchev–Trinajstić information content (AvgIpc) is 3.15. The third kappa shape index (κ3) is 2.29. The van der Waals surface area contributed by atoms with Crippen molar-refractivity contribution in [1.82, 2.24) is 9.88 Å². The van der Waals surface area contributed by atoms with Crippen LogP contribution in [-0.4, -0.2) is 40.6 Å². The smallest absolute Gasteiger partial charge is 0.265 e. The molecule has 0 bridgehead atoms. The van der Waals surface area contributed by atoms with Crippen LogP contribution in [0.25, 0.3) is 0 Å². The molecule has 1 saturated heterocycles. The van der Waals surface area contributed by atoms with Gasteiger partial charge in [0.2, 0.25) is 0 Å². The van der Waals surface area contributed by atoms with E-state index in [1.165, 1.54) is 24.2 Å². The molecule has 1 amide bonds. The lowest BCUT2D eigenvalue weighted by Gasteiger charge is -2.31. The van der Waals surface area contributed by atoms with Crippen molar-refractivity contribution in [2.75, 3.05) is 19.7 Å². The van der Waals surface area contributed by atoms with E-state index in [2.05, 4.69) is 4.98 Å². The molecule has 1 atom stereocenters. The van der Waals surface area contributed by atoms with E-state index >= 15 is 0 Å². The average molecular weight is 266 g/mol. The van der Waals surface area contributed by atoms with Crippen molar-refractivity contribution >= 4 is 17.2 Å². The lowest BCUT2D eigenvalue weighted by molar-refractivity contribution is 0.0624. The third-order valence-electron chi connectivity index (χ3n) is 3.82. The Morgan fingerprint density at radius 2 is 2.33 bits per heavy atom. The van der Waals surface area contributed by atoms with Gasteiger partial charge in [0.25, 0.3) is 5.91 Å². The summed E-state index contributed by atoms with van der Waals surface area (Å²) < 4.78 is 0. The van der Waals surface area contributed by atoms with Crippen LogP contribution < -0.4 is 0 Å². The quantitative estimate of drug-likeness (QED) is 0.908. The van der Waals surface area contributed by atoms with E-state index in [-0.39, 0.29) is 18.4 Å². The molecule has 0 radical (unpaired) electrons. The summed E-state index contributed by atoms with van der Waals surface area (Å²) in [5, 5.41) is 9.23. The summed E-state index contributed by atoms with van der Waals surface area (Å²) in [5.41, 5.74) is 2.80. The molecule has 1 N–H and O–H groups in total. The Labute approximate surface area is 111 Å². The highest BCUT2D eigenvalue weighted by molar-refractivity contribution is 7.11. The number of carbonyl (C=O) groups is 1. The van der Waals surface area contributed by atoms with E-state index in [0.717, 1.165) is 30.0 Å². The molecular weight excluding hydrogens is 248 g/mol. The molecule has 4 nitrogen and oxygen atoms in total. The molecule has 1 aliphatic carbocycles. The second-order valence-corrected chi connectivity index (χ2v) is 6.14. The summed E-state index contributed by atoms with van der Waals surface area (Å²) in [6.45, 7) is 1.69. The van der Waals surface area contributed by atoms with Crippen LogP contribution in [0, 0.1) is 5.92 Å². The van der Waals surface area contributed by atoms with Gasteiger partial charge in [0.15, 0.2) is 0 Å². The van der Waals surface area contributed by atoms with Crippen molar-refractivity contribution in [3.05, 3.63) is 16.1 Å². The van der Waals surface area contributed by atoms with E-state index in [0.29, 0.717) is 12.5 Å². The number of aromatic nitrogens is 1. The first-order chi connectivity index (χ1) is 8.79. The summed E-state index contributed by atoms with van der Waals surface area (Å²) in [7, 11) is 0. The summed E-state index contributed by atoms with van der Waals surface area (Å²) in [5.74, 6) is 0.895. The second kappa shape index (κ2) is 4.97. The Kier molecular flexibility index (Phi) is 3.35. The number of aliphatic hydroxyl groups excluding tert-OH is 1. The summed E-state index contributed by atoms with van der Waals surface area (Å²) in [6.07, 6.45) is 4.36. The normalized spacial score (nSPS) is 24.3. The number of hydrogen-bond acceptors (Lipinski definition) is 4. The fourth-order valence-electron chi connectivity index (χ4n) is 2.60. The van der Waals surface area contributed by atoms with Crippen LogP contribution in [0.1, 0.15) is 47.0 Å². The van der Waals surface area contributed by atoms with Crippen LogP contribution in [0.2, 0.25) is 0 Å². The topological polar surface area (TPSA) is 53.4 Å². The monoisotopic (exact) mass is 266 g/mol. The van der Waals surface area contributed by atoms with Gasteiger partial charge in [-0.05, 0) is 31.6 Å². The first-order valence-corrected chi connectivity index (χ1v) is 7.51. The zero-order valence-electron chi connectivity index (χ0n) is 10.3. The number of rotatable bonds is 3. The number of aliphatic hydroxyl groups is 1. The molecule has 1 aromatic heterocycles. The van der Waals surface area contributed by atoms with Crippen LogP contribution in [0.5, 0.6) is 0 Å². The SMILES string of the molecule is O=C(c1scnc1C1CC1)N1CCCC(CO)C1. The predicted octanol–water partition coefficient (Wildman–Crippen LogP) is 1.86. The molecule has 5 heteroatoms. The Bertz CT molecular complexity index is 442. The number of likely N-dealkylation sites (tertiary alicyclic amines) is 1. The predicted molar refractivity (Wildman–Crippen MR) is 69.8 cm³/mol. The van der Waals surface area contributed by atoms with Crippen LogP contribution in [0.15, 0.2) is 5.51 Å². The van der Waals surface area contributed by atoms with E-state index in [4.69, 9.17) is 0 Å². The lowest BCUT2D eigenvalue weighted by Crippen LogP contribution is -2.40. The first kappa shape index (κ1) is 12.1. The second-order valence-electron chi connectivity index (χ2n) is 5.28. The van der Waals surface area contributed by atoms with Crippen LogP contribution >= 0.6 is 11.3 Å². The molecule has 1 unspecified atom stereocenters. The summed E-state index contributed by atoms with van der Waals surface area (Å²) in [6, 6.07) is 0. The highest BCUT2D eigenvalue weighted by Gasteiger charge is 2.33. The van der Waals surface area contributed by atoms with E-state index in [9.17, 15) is 9.90 Å². The van der Waals surface area contributed by atoms with Crippen molar-refractivity contribution in [3.63, 3.8) is 0 Å². The molecular formula is C13H18N2O2S. The third-order valence-corrected chi connectivity index (χ3v) is 4.65. The largest absolute Gasteiger partial charge is 0.396 e. The Hall–Kier alpha value is -0.940. The number of hydrogen-bond donors (Lipinski definition) is 1. The fraction of sp³-hybridized carbons (Fsp3) is 0.692. The van der Waals surface area contributed by atoms with Gasteiger partial charge in [-0.2, -0.15) is 0 Å². The zero-order valence-corrected chi connectivity index (χ0v) is 11.2. The van der Waals surface area contributed by atoms with E-state index in [1.807, 2.05) is 4.90 Å². The Morgan fingerprint density at radius 1 is 1.50 bits per heavy atom. The van der Waals surface area contributed by atoms with Gasteiger partial charge in [0.05, 0.1) is 11.2 Å². The van der Waals surface area contributed by atoms with Gasteiger partial charge in [-0.15, -0.1) is 11.3 Å². The molecule has 3 rings (SSSR count). The van der Waals surface area contributed by atoms with Gasteiger partial charge in [-0.3, -0.25) is 4.79 Å². The first-order valence-electron chi connectivity index (χ1n) is 6.63. The standard InChI is InChI=1S/C13H18N2O2S/c16-7-9-2-1-5-15(6-9)13(17)12-11(10-3-4-10)14-8-18-12/h8-10,16H,1-7H2. The maximum Gasteiger partial charge on any atom is 0.265 e. The minimum absolute atomic E-state index is 0.123. The summed E-state index contributed by atoms with van der Waals surface area (Å²) >= 11 is 1.46. The molecule has 1 saturated carbocycles. The van der Waals surface area contributed by atoms with Crippen molar-refractivity contribution < 1.29 is 9.90 Å². The zero-order chi connectivity index (χ0) is 12.5. The Morgan fingerprint density at radius 3 is 3.06 bits per heavy atom. The molecule has 0 aromatic carbocycles. The maximum atomic E-state index is 12.5. The fourth-order valence-corrected chi connectivity index (χ4v) is 3.45. The van der Waals surface area contributed by atoms with Crippen LogP contribution in [0.4, 0.5) is 0 Å². The van der Waals surface area contributed by atoms with Gasteiger partial charge in [-0.1, -0.05) is 0 Å². The highest BCUT2D eigenvalue weighted by atomic mass is 32.1. The van der Waals surface area contributed by atoms with Crippen LogP contribution in [0.3, 0.4) is 0 Å². The molecule has 1 aliphatic heterocycles. The number of nitrogens with zero attached hydrogens (tertiary/aromatic N) is 2. The molecule has 1 aromatic rings. The van der Waals surface area contributed by atoms with Crippen molar-refractivity contribution in [3.8, 4) is 0 Å². The molecule has 2 fully saturated rings. The van der Waals surface area contributed by atoms with Gasteiger partial charge in [0.1, 0.15) is 4.88 Å². The van der Waals surface area contributed by atoms with Crippen molar-refractivity contribution in [2.24, 2.45) is 5.92 Å². The molecule has 98 valence electrons. The van der Waals surface area contributed by atoms with Gasteiger partial charge in [0, 0.05) is 25.6 Å². The van der Waals surface area contributed by atoms with Crippen LogP contribution in [-0.2, 0) is 0 Å². The Balaban J connectivity index is 1.74. The van der Waals surface area contributed by atoms with Crippen molar-refractivity contribution in [1.29, 1.82) is 0 Å². The van der Waals surface area contributed by atoms with Gasteiger partial charge in [-0.25, -0.2) is 4.98 Å². The molecule has 18 heavy (non-hydrogen) atoms. The van der Waals surface area contributed by atoms with Gasteiger partial charge >= 0.3 is 0 Å². The number of piperidine rings is 1. The van der Waals surface area contributed by atoms with Crippen molar-refractivity contribution in [2.45, 2.75) is 31.6 Å². The molecule has 0 spiro atoms. The molecule has 2 aliphatic rings. The molecule has 2 heterocycles. The summed E-state index contributed by atoms with van der Waals surface area (Å²) in [4.78, 5) is 19.6. The number of amides is 1. The number of thiazole rings is 1. The minimum Gasteiger partial charge on any atom is -0.396 e. The minimum atomic E-state index is 0.123.